The van der Waals surface area contributed by atoms with E-state index in [2.05, 4.69) is 25.8 Å². The molecule has 0 aliphatic rings. The van der Waals surface area contributed by atoms with Crippen LogP contribution >= 0.6 is 15.9 Å². The summed E-state index contributed by atoms with van der Waals surface area (Å²) in [7, 11) is 0. The fraction of sp³-hybridized carbons (Fsp3) is 0.250. The van der Waals surface area contributed by atoms with Gasteiger partial charge in [-0.15, -0.1) is 4.98 Å². The van der Waals surface area contributed by atoms with Crippen molar-refractivity contribution < 1.29 is 0 Å². The third-order valence-electron chi connectivity index (χ3n) is 1.55. The number of pyridine rings is 1. The Morgan fingerprint density at radius 1 is 1.55 bits per heavy atom. The van der Waals surface area contributed by atoms with Crippen LogP contribution in [0.15, 0.2) is 10.5 Å². The third-order valence-corrected chi connectivity index (χ3v) is 2.38. The highest BCUT2D eigenvalue weighted by Crippen LogP contribution is 2.22. The van der Waals surface area contributed by atoms with Gasteiger partial charge in [-0.3, -0.25) is 0 Å². The van der Waals surface area contributed by atoms with Gasteiger partial charge in [-0.05, 0) is 13.0 Å². The molecular formula is C8H7BrN2. The van der Waals surface area contributed by atoms with Crippen LogP contribution in [-0.4, -0.2) is 4.98 Å². The minimum absolute atomic E-state index is 0.444. The Labute approximate surface area is 74.2 Å². The lowest BCUT2D eigenvalue weighted by atomic mass is 10.2. The lowest BCUT2D eigenvalue weighted by Gasteiger charge is -1.98. The normalized spacial score (nSPS) is 9.27. The Morgan fingerprint density at radius 3 is 2.64 bits per heavy atom. The van der Waals surface area contributed by atoms with Crippen molar-refractivity contribution in [3.8, 4) is 0 Å². The van der Waals surface area contributed by atoms with Crippen molar-refractivity contribution in [2.24, 2.45) is 0 Å². The first-order chi connectivity index (χ1) is 5.15. The van der Waals surface area contributed by atoms with Crippen LogP contribution in [0.1, 0.15) is 11.3 Å². The maximum Gasteiger partial charge on any atom is 0.270 e. The summed E-state index contributed by atoms with van der Waals surface area (Å²) in [4.78, 5) is 7.31. The van der Waals surface area contributed by atoms with E-state index < -0.39 is 0 Å². The van der Waals surface area contributed by atoms with Crippen molar-refractivity contribution in [2.45, 2.75) is 13.8 Å². The monoisotopic (exact) mass is 210 g/mol. The van der Waals surface area contributed by atoms with Crippen molar-refractivity contribution in [2.75, 3.05) is 0 Å². The first-order valence-electron chi connectivity index (χ1n) is 3.16. The van der Waals surface area contributed by atoms with Gasteiger partial charge in [-0.2, -0.15) is 0 Å². The van der Waals surface area contributed by atoms with Crippen molar-refractivity contribution in [3.05, 3.63) is 33.2 Å². The van der Waals surface area contributed by atoms with Gasteiger partial charge in [-0.1, -0.05) is 22.5 Å². The highest BCUT2D eigenvalue weighted by Gasteiger charge is 2.04. The first-order valence-corrected chi connectivity index (χ1v) is 3.95. The molecule has 0 bridgehead atoms. The zero-order chi connectivity index (χ0) is 8.43. The summed E-state index contributed by atoms with van der Waals surface area (Å²) in [5, 5.41) is 0. The molecule has 0 saturated carbocycles. The summed E-state index contributed by atoms with van der Waals surface area (Å²) < 4.78 is 0.955. The number of rotatable bonds is 0. The number of aryl methyl sites for hydroxylation is 1. The second-order valence-corrected chi connectivity index (χ2v) is 3.14. The molecular weight excluding hydrogens is 204 g/mol. The number of hydrogen-bond donors (Lipinski definition) is 0. The van der Waals surface area contributed by atoms with E-state index in [0.29, 0.717) is 5.82 Å². The maximum absolute atomic E-state index is 6.75. The summed E-state index contributed by atoms with van der Waals surface area (Å²) in [5.41, 5.74) is 2.00. The average molecular weight is 211 g/mol. The third kappa shape index (κ3) is 1.58. The Balaban J connectivity index is 3.35. The highest BCUT2D eigenvalue weighted by molar-refractivity contribution is 9.10. The summed E-state index contributed by atoms with van der Waals surface area (Å²) in [6.45, 7) is 10.6. The van der Waals surface area contributed by atoms with Gasteiger partial charge in [0.05, 0.1) is 0 Å². The van der Waals surface area contributed by atoms with Crippen molar-refractivity contribution >= 4 is 21.7 Å². The zero-order valence-electron chi connectivity index (χ0n) is 6.35. The molecule has 0 saturated heterocycles. The van der Waals surface area contributed by atoms with Crippen LogP contribution in [0, 0.1) is 20.4 Å². The summed E-state index contributed by atoms with van der Waals surface area (Å²) in [6.07, 6.45) is 0. The lowest BCUT2D eigenvalue weighted by Crippen LogP contribution is -1.86. The minimum Gasteiger partial charge on any atom is -0.361 e. The molecule has 1 heterocycles. The fourth-order valence-corrected chi connectivity index (χ4v) is 1.23. The van der Waals surface area contributed by atoms with E-state index in [9.17, 15) is 0 Å². The second-order valence-electron chi connectivity index (χ2n) is 2.28. The topological polar surface area (TPSA) is 17.2 Å². The van der Waals surface area contributed by atoms with E-state index in [1.54, 1.807) is 6.07 Å². The van der Waals surface area contributed by atoms with E-state index in [1.807, 2.05) is 13.8 Å². The van der Waals surface area contributed by atoms with E-state index in [4.69, 9.17) is 6.57 Å². The van der Waals surface area contributed by atoms with Gasteiger partial charge in [0.15, 0.2) is 0 Å². The van der Waals surface area contributed by atoms with Gasteiger partial charge in [0.2, 0.25) is 0 Å². The molecule has 0 aliphatic heterocycles. The Morgan fingerprint density at radius 2 is 2.18 bits per heavy atom. The molecule has 0 fully saturated rings. The van der Waals surface area contributed by atoms with Gasteiger partial charge in [-0.25, -0.2) is 0 Å². The Bertz CT molecular complexity index is 302. The standard InChI is InChI=1S/C8H7BrN2/c1-5-6(2)11-8(10-3)4-7(5)9/h4H,1-2H3. The van der Waals surface area contributed by atoms with E-state index >= 15 is 0 Å². The molecule has 0 amide bonds. The van der Waals surface area contributed by atoms with E-state index in [1.165, 1.54) is 0 Å². The summed E-state index contributed by atoms with van der Waals surface area (Å²) in [5.74, 6) is 0.444. The number of hydrogen-bond acceptors (Lipinski definition) is 1. The predicted octanol–water partition coefficient (Wildman–Crippen LogP) is 3.01. The summed E-state index contributed by atoms with van der Waals surface area (Å²) >= 11 is 3.35. The number of aromatic nitrogens is 1. The van der Waals surface area contributed by atoms with Crippen molar-refractivity contribution in [1.29, 1.82) is 0 Å². The molecule has 0 aromatic carbocycles. The largest absolute Gasteiger partial charge is 0.361 e. The van der Waals surface area contributed by atoms with Gasteiger partial charge in [0.25, 0.3) is 5.82 Å². The summed E-state index contributed by atoms with van der Waals surface area (Å²) in [6, 6.07) is 1.73. The van der Waals surface area contributed by atoms with Crippen LogP contribution in [-0.2, 0) is 0 Å². The van der Waals surface area contributed by atoms with Gasteiger partial charge < -0.3 is 4.85 Å². The molecule has 1 rings (SSSR count). The van der Waals surface area contributed by atoms with E-state index in [0.717, 1.165) is 15.7 Å². The molecule has 1 aromatic rings. The molecule has 0 radical (unpaired) electrons. The van der Waals surface area contributed by atoms with Crippen molar-refractivity contribution in [1.82, 2.24) is 4.98 Å². The van der Waals surface area contributed by atoms with Crippen LogP contribution < -0.4 is 0 Å². The molecule has 0 N–H and O–H groups in total. The van der Waals surface area contributed by atoms with Gasteiger partial charge in [0, 0.05) is 17.0 Å². The molecule has 0 atom stereocenters. The molecule has 11 heavy (non-hydrogen) atoms. The van der Waals surface area contributed by atoms with Gasteiger partial charge in [0.1, 0.15) is 5.69 Å². The molecule has 0 aliphatic carbocycles. The molecule has 56 valence electrons. The van der Waals surface area contributed by atoms with Crippen LogP contribution in [0.4, 0.5) is 5.82 Å². The SMILES string of the molecule is [C-]#[N+]c1cc(Br)c(C)c(C)n1. The zero-order valence-corrected chi connectivity index (χ0v) is 7.94. The van der Waals surface area contributed by atoms with Crippen LogP contribution in [0.2, 0.25) is 0 Å². The average Bonchev–Trinajstić information content (AvgIpc) is 1.99. The van der Waals surface area contributed by atoms with Crippen LogP contribution in [0.5, 0.6) is 0 Å². The molecule has 0 spiro atoms. The molecule has 2 nitrogen and oxygen atoms in total. The molecule has 3 heteroatoms. The highest BCUT2D eigenvalue weighted by atomic mass is 79.9. The van der Waals surface area contributed by atoms with Crippen LogP contribution in [0.25, 0.3) is 4.85 Å². The molecule has 0 unspecified atom stereocenters. The first kappa shape index (κ1) is 8.22. The van der Waals surface area contributed by atoms with Gasteiger partial charge >= 0.3 is 0 Å². The Hall–Kier alpha value is -0.880. The minimum atomic E-state index is 0.444. The smallest absolute Gasteiger partial charge is 0.270 e. The fourth-order valence-electron chi connectivity index (χ4n) is 0.740. The lowest BCUT2D eigenvalue weighted by molar-refractivity contribution is 1.15. The number of nitrogens with zero attached hydrogens (tertiary/aromatic N) is 2. The second kappa shape index (κ2) is 3.02. The molecule has 1 aromatic heterocycles. The van der Waals surface area contributed by atoms with E-state index in [-0.39, 0.29) is 0 Å². The maximum atomic E-state index is 6.75. The van der Waals surface area contributed by atoms with Crippen LogP contribution in [0.3, 0.4) is 0 Å². The quantitative estimate of drug-likeness (QED) is 0.603. The number of halogens is 1. The Kier molecular flexibility index (Phi) is 2.25. The van der Waals surface area contributed by atoms with Crippen molar-refractivity contribution in [3.63, 3.8) is 0 Å². The predicted molar refractivity (Wildman–Crippen MR) is 47.7 cm³/mol.